The van der Waals surface area contributed by atoms with E-state index in [0.29, 0.717) is 6.42 Å². The molecule has 97 valence electrons. The molecule has 5 heteroatoms. The third kappa shape index (κ3) is 4.29. The Morgan fingerprint density at radius 3 is 2.84 bits per heavy atom. The van der Waals surface area contributed by atoms with E-state index in [1.54, 1.807) is 18.6 Å². The van der Waals surface area contributed by atoms with Gasteiger partial charge in [-0.25, -0.2) is 0 Å². The molecule has 0 unspecified atom stereocenters. The molecule has 0 saturated carbocycles. The van der Waals surface area contributed by atoms with Crippen LogP contribution < -0.4 is 4.43 Å². The predicted molar refractivity (Wildman–Crippen MR) is 78.4 cm³/mol. The van der Waals surface area contributed by atoms with Gasteiger partial charge >= 0.3 is 0 Å². The normalized spacial score (nSPS) is 11.1. The molecule has 0 atom stereocenters. The summed E-state index contributed by atoms with van der Waals surface area (Å²) in [5, 5.41) is 0. The van der Waals surface area contributed by atoms with Gasteiger partial charge < -0.3 is 4.43 Å². The number of hydrogen-bond donors (Lipinski definition) is 0. The van der Waals surface area contributed by atoms with Crippen LogP contribution in [-0.4, -0.2) is 25.2 Å². The van der Waals surface area contributed by atoms with Gasteiger partial charge in [-0.05, 0) is 25.2 Å². The third-order valence-electron chi connectivity index (χ3n) is 2.33. The van der Waals surface area contributed by atoms with Crippen molar-refractivity contribution in [3.63, 3.8) is 0 Å². The summed E-state index contributed by atoms with van der Waals surface area (Å²) in [4.78, 5) is 12.7. The number of hydrogen-bond acceptors (Lipinski definition) is 4. The molecule has 0 bridgehead atoms. The SMILES string of the molecule is C[Si](C)Oc1ccccc1N=CCc1cnccn1. The topological polar surface area (TPSA) is 47.4 Å². The second kappa shape index (κ2) is 6.80. The first-order valence-corrected chi connectivity index (χ1v) is 8.51. The molecule has 1 aromatic heterocycles. The second-order valence-electron chi connectivity index (χ2n) is 4.19. The lowest BCUT2D eigenvalue weighted by atomic mass is 10.3. The van der Waals surface area contributed by atoms with E-state index in [1.165, 1.54) is 0 Å². The summed E-state index contributed by atoms with van der Waals surface area (Å²) in [7, 11) is -0.781. The highest BCUT2D eigenvalue weighted by Gasteiger charge is 2.04. The fourth-order valence-electron chi connectivity index (χ4n) is 1.54. The standard InChI is InChI=1S/C14H16N3OSi/c1-19(2)18-14-6-4-3-5-13(14)17-8-7-12-11-15-9-10-16-12/h3-6,8-11H,7H2,1-2H3. The maximum atomic E-state index is 5.81. The Hall–Kier alpha value is -2.01. The first kappa shape index (κ1) is 13.4. The van der Waals surface area contributed by atoms with Crippen molar-refractivity contribution in [3.05, 3.63) is 48.5 Å². The molecule has 0 aliphatic rings. The molecule has 2 aromatic rings. The minimum atomic E-state index is -0.781. The summed E-state index contributed by atoms with van der Waals surface area (Å²) in [5.74, 6) is 0.844. The van der Waals surface area contributed by atoms with Gasteiger partial charge in [-0.2, -0.15) is 0 Å². The lowest BCUT2D eigenvalue weighted by molar-refractivity contribution is 0.582. The van der Waals surface area contributed by atoms with Crippen LogP contribution in [-0.2, 0) is 6.42 Å². The van der Waals surface area contributed by atoms with Crippen molar-refractivity contribution < 1.29 is 4.43 Å². The summed E-state index contributed by atoms with van der Waals surface area (Å²) in [6.45, 7) is 4.20. The summed E-state index contributed by atoms with van der Waals surface area (Å²) < 4.78 is 5.81. The Labute approximate surface area is 114 Å². The lowest BCUT2D eigenvalue weighted by Crippen LogP contribution is -2.11. The first-order chi connectivity index (χ1) is 9.25. The fourth-order valence-corrected chi connectivity index (χ4v) is 2.16. The summed E-state index contributed by atoms with van der Waals surface area (Å²) >= 11 is 0. The van der Waals surface area contributed by atoms with Crippen LogP contribution in [0.1, 0.15) is 5.69 Å². The van der Waals surface area contributed by atoms with E-state index in [9.17, 15) is 0 Å². The van der Waals surface area contributed by atoms with Gasteiger partial charge in [-0.3, -0.25) is 15.0 Å². The molecule has 19 heavy (non-hydrogen) atoms. The maximum absolute atomic E-state index is 5.81. The summed E-state index contributed by atoms with van der Waals surface area (Å²) in [6.07, 6.45) is 7.59. The molecule has 0 amide bonds. The average Bonchev–Trinajstić information content (AvgIpc) is 2.41. The maximum Gasteiger partial charge on any atom is 0.274 e. The Morgan fingerprint density at radius 1 is 1.26 bits per heavy atom. The van der Waals surface area contributed by atoms with E-state index in [-0.39, 0.29) is 0 Å². The Bertz CT molecular complexity index is 543. The first-order valence-electron chi connectivity index (χ1n) is 6.10. The van der Waals surface area contributed by atoms with E-state index in [2.05, 4.69) is 28.1 Å². The van der Waals surface area contributed by atoms with Gasteiger partial charge in [-0.1, -0.05) is 12.1 Å². The number of para-hydroxylation sites is 2. The predicted octanol–water partition coefficient (Wildman–Crippen LogP) is 3.05. The quantitative estimate of drug-likeness (QED) is 0.619. The smallest absolute Gasteiger partial charge is 0.274 e. The van der Waals surface area contributed by atoms with E-state index in [0.717, 1.165) is 17.1 Å². The fraction of sp³-hybridized carbons (Fsp3) is 0.214. The molecule has 0 N–H and O–H groups in total. The summed E-state index contributed by atoms with van der Waals surface area (Å²) in [5.41, 5.74) is 1.76. The highest BCUT2D eigenvalue weighted by molar-refractivity contribution is 6.49. The molecule has 4 nitrogen and oxygen atoms in total. The van der Waals surface area contributed by atoms with Gasteiger partial charge in [0.2, 0.25) is 0 Å². The van der Waals surface area contributed by atoms with E-state index in [1.807, 2.05) is 30.5 Å². The van der Waals surface area contributed by atoms with Crippen LogP contribution >= 0.6 is 0 Å². The average molecular weight is 270 g/mol. The van der Waals surface area contributed by atoms with Crippen molar-refractivity contribution in [1.29, 1.82) is 0 Å². The van der Waals surface area contributed by atoms with Crippen LogP contribution in [0.3, 0.4) is 0 Å². The molecule has 2 rings (SSSR count). The zero-order valence-electron chi connectivity index (χ0n) is 11.1. The van der Waals surface area contributed by atoms with Crippen LogP contribution in [0.15, 0.2) is 47.8 Å². The highest BCUT2D eigenvalue weighted by Crippen LogP contribution is 2.26. The molecule has 0 aliphatic carbocycles. The van der Waals surface area contributed by atoms with Crippen molar-refractivity contribution in [2.45, 2.75) is 19.5 Å². The number of aliphatic imine (C=N–C) groups is 1. The molecule has 1 aromatic carbocycles. The zero-order valence-corrected chi connectivity index (χ0v) is 12.1. The second-order valence-corrected chi connectivity index (χ2v) is 6.21. The van der Waals surface area contributed by atoms with E-state index in [4.69, 9.17) is 4.43 Å². The van der Waals surface area contributed by atoms with Crippen LogP contribution in [0.5, 0.6) is 5.75 Å². The van der Waals surface area contributed by atoms with E-state index < -0.39 is 9.04 Å². The summed E-state index contributed by atoms with van der Waals surface area (Å²) in [6, 6.07) is 7.82. The zero-order chi connectivity index (χ0) is 13.5. The lowest BCUT2D eigenvalue weighted by Gasteiger charge is -2.10. The minimum absolute atomic E-state index is 0.665. The van der Waals surface area contributed by atoms with Crippen LogP contribution in [0.2, 0.25) is 13.1 Å². The van der Waals surface area contributed by atoms with Gasteiger partial charge in [-0.15, -0.1) is 0 Å². The minimum Gasteiger partial charge on any atom is -0.541 e. The largest absolute Gasteiger partial charge is 0.541 e. The Kier molecular flexibility index (Phi) is 4.80. The van der Waals surface area contributed by atoms with Gasteiger partial charge in [0.1, 0.15) is 11.4 Å². The highest BCUT2D eigenvalue weighted by atomic mass is 28.3. The van der Waals surface area contributed by atoms with Crippen LogP contribution in [0.4, 0.5) is 5.69 Å². The van der Waals surface area contributed by atoms with Crippen molar-refractivity contribution in [2.75, 3.05) is 0 Å². The van der Waals surface area contributed by atoms with E-state index >= 15 is 0 Å². The van der Waals surface area contributed by atoms with Gasteiger partial charge in [0.15, 0.2) is 0 Å². The molecular weight excluding hydrogens is 254 g/mol. The number of aromatic nitrogens is 2. The van der Waals surface area contributed by atoms with Crippen molar-refractivity contribution in [1.82, 2.24) is 9.97 Å². The number of nitrogens with zero attached hydrogens (tertiary/aromatic N) is 3. The molecule has 0 saturated heterocycles. The molecule has 0 spiro atoms. The van der Waals surface area contributed by atoms with Gasteiger partial charge in [0, 0.05) is 31.2 Å². The number of rotatable bonds is 5. The Morgan fingerprint density at radius 2 is 2.11 bits per heavy atom. The Balaban J connectivity index is 2.06. The van der Waals surface area contributed by atoms with Gasteiger partial charge in [0.25, 0.3) is 9.04 Å². The van der Waals surface area contributed by atoms with Crippen molar-refractivity contribution in [3.8, 4) is 5.75 Å². The van der Waals surface area contributed by atoms with Crippen molar-refractivity contribution >= 4 is 20.9 Å². The molecule has 1 radical (unpaired) electrons. The monoisotopic (exact) mass is 270 g/mol. The van der Waals surface area contributed by atoms with Crippen LogP contribution in [0, 0.1) is 0 Å². The molecule has 0 fully saturated rings. The molecule has 0 aliphatic heterocycles. The molecule has 1 heterocycles. The van der Waals surface area contributed by atoms with Gasteiger partial charge in [0.05, 0.1) is 5.69 Å². The third-order valence-corrected chi connectivity index (χ3v) is 2.95. The number of benzene rings is 1. The molecular formula is C14H16N3OSi. The van der Waals surface area contributed by atoms with Crippen molar-refractivity contribution in [2.24, 2.45) is 4.99 Å². The van der Waals surface area contributed by atoms with Crippen LogP contribution in [0.25, 0.3) is 0 Å².